The van der Waals surface area contributed by atoms with Crippen LogP contribution >= 0.6 is 0 Å². The lowest BCUT2D eigenvalue weighted by atomic mass is 9.94. The van der Waals surface area contributed by atoms with E-state index in [2.05, 4.69) is 26.6 Å². The standard InChI is InChI=1S/C41H62N6O8/c1-10-26(6)35(38(51)47-34(25(4)5)39(52)53)45-32(48)23-29(42)30(21-27-17-13-11-14-18-27)43-37(50)33(24(2)3)46-36(49)31(22-28-19-15-12-16-20-28)44-40(54)55-41(7,8)9/h11-20,24-26,29-31,33-35H,10,21-23,42H2,1-9H3,(H,43,50)(H,44,54)(H,45,48)(H,46,49)(H,47,51)(H,52,53)/t26-,29?,30?,31-,33-,34-,35-/m0/s1. The van der Waals surface area contributed by atoms with Gasteiger partial charge in [0.05, 0.1) is 0 Å². The maximum atomic E-state index is 14.0. The molecule has 0 radical (unpaired) electrons. The summed E-state index contributed by atoms with van der Waals surface area (Å²) in [4.78, 5) is 79.1. The van der Waals surface area contributed by atoms with Gasteiger partial charge in [-0.05, 0) is 56.1 Å². The Morgan fingerprint density at radius 2 is 1.16 bits per heavy atom. The number of carboxylic acids is 1. The highest BCUT2D eigenvalue weighted by Gasteiger charge is 2.35. The first-order chi connectivity index (χ1) is 25.7. The Balaban J connectivity index is 2.31. The Labute approximate surface area is 325 Å². The first kappa shape index (κ1) is 46.2. The number of alkyl carbamates (subject to hydrolysis) is 1. The number of ether oxygens (including phenoxy) is 1. The molecule has 2 unspecified atom stereocenters. The second-order valence-corrected chi connectivity index (χ2v) is 15.8. The van der Waals surface area contributed by atoms with Crippen LogP contribution in [0.15, 0.2) is 60.7 Å². The number of carboxylic acid groups (broad SMARTS) is 1. The van der Waals surface area contributed by atoms with E-state index in [1.54, 1.807) is 55.4 Å². The number of carbonyl (C=O) groups is 6. The second kappa shape index (κ2) is 21.8. The van der Waals surface area contributed by atoms with Crippen LogP contribution in [0.25, 0.3) is 0 Å². The van der Waals surface area contributed by atoms with E-state index in [9.17, 15) is 33.9 Å². The summed E-state index contributed by atoms with van der Waals surface area (Å²) in [6, 6.07) is 12.4. The lowest BCUT2D eigenvalue weighted by Gasteiger charge is -2.31. The van der Waals surface area contributed by atoms with Crippen molar-refractivity contribution < 1.29 is 38.6 Å². The fourth-order valence-electron chi connectivity index (χ4n) is 5.79. The number of nitrogens with two attached hydrogens (primary N) is 1. The van der Waals surface area contributed by atoms with Gasteiger partial charge in [-0.25, -0.2) is 9.59 Å². The Morgan fingerprint density at radius 3 is 1.64 bits per heavy atom. The van der Waals surface area contributed by atoms with Crippen LogP contribution in [0.4, 0.5) is 4.79 Å². The molecule has 0 aromatic heterocycles. The van der Waals surface area contributed by atoms with E-state index >= 15 is 0 Å². The molecule has 2 aromatic carbocycles. The molecule has 304 valence electrons. The van der Waals surface area contributed by atoms with Gasteiger partial charge in [0.2, 0.25) is 23.6 Å². The molecule has 55 heavy (non-hydrogen) atoms. The average molecular weight is 767 g/mol. The first-order valence-electron chi connectivity index (χ1n) is 19.0. The molecule has 0 aliphatic carbocycles. The summed E-state index contributed by atoms with van der Waals surface area (Å²) < 4.78 is 5.41. The van der Waals surface area contributed by atoms with Crippen molar-refractivity contribution in [2.45, 2.75) is 130 Å². The van der Waals surface area contributed by atoms with E-state index in [1.807, 2.05) is 67.6 Å². The Hall–Kier alpha value is -4.98. The molecule has 8 N–H and O–H groups in total. The number of aliphatic carboxylic acids is 1. The van der Waals surface area contributed by atoms with Crippen molar-refractivity contribution in [3.05, 3.63) is 71.8 Å². The van der Waals surface area contributed by atoms with E-state index in [0.717, 1.165) is 11.1 Å². The van der Waals surface area contributed by atoms with E-state index in [-0.39, 0.29) is 31.1 Å². The highest BCUT2D eigenvalue weighted by atomic mass is 16.6. The molecule has 0 fully saturated rings. The van der Waals surface area contributed by atoms with Crippen molar-refractivity contribution in [2.75, 3.05) is 0 Å². The summed E-state index contributed by atoms with van der Waals surface area (Å²) >= 11 is 0. The van der Waals surface area contributed by atoms with Crippen LogP contribution in [0.1, 0.15) is 86.3 Å². The van der Waals surface area contributed by atoms with Gasteiger partial charge >= 0.3 is 12.1 Å². The van der Waals surface area contributed by atoms with Gasteiger partial charge in [0.15, 0.2) is 0 Å². The minimum atomic E-state index is -1.18. The van der Waals surface area contributed by atoms with Crippen molar-refractivity contribution in [1.29, 1.82) is 0 Å². The lowest BCUT2D eigenvalue weighted by molar-refractivity contribution is -0.143. The van der Waals surface area contributed by atoms with Gasteiger partial charge < -0.3 is 42.2 Å². The molecule has 2 rings (SSSR count). The summed E-state index contributed by atoms with van der Waals surface area (Å²) in [5, 5.41) is 23.3. The van der Waals surface area contributed by atoms with Crippen molar-refractivity contribution in [3.63, 3.8) is 0 Å². The molecular weight excluding hydrogens is 704 g/mol. The van der Waals surface area contributed by atoms with E-state index in [0.29, 0.717) is 6.42 Å². The number of amides is 5. The predicted octanol–water partition coefficient (Wildman–Crippen LogP) is 3.46. The van der Waals surface area contributed by atoms with Crippen molar-refractivity contribution in [3.8, 4) is 0 Å². The third-order valence-corrected chi connectivity index (χ3v) is 9.14. The summed E-state index contributed by atoms with van der Waals surface area (Å²) in [5.41, 5.74) is 7.46. The van der Waals surface area contributed by atoms with Crippen LogP contribution in [0.5, 0.6) is 0 Å². The van der Waals surface area contributed by atoms with Crippen molar-refractivity contribution >= 4 is 35.7 Å². The van der Waals surface area contributed by atoms with Crippen LogP contribution in [0.2, 0.25) is 0 Å². The second-order valence-electron chi connectivity index (χ2n) is 15.8. The van der Waals surface area contributed by atoms with Crippen LogP contribution in [-0.2, 0) is 41.6 Å². The summed E-state index contributed by atoms with van der Waals surface area (Å²) in [7, 11) is 0. The summed E-state index contributed by atoms with van der Waals surface area (Å²) in [6.45, 7) is 15.7. The molecule has 0 aliphatic heterocycles. The maximum absolute atomic E-state index is 14.0. The van der Waals surface area contributed by atoms with Crippen LogP contribution in [0.3, 0.4) is 0 Å². The van der Waals surface area contributed by atoms with Crippen LogP contribution in [-0.4, -0.2) is 82.6 Å². The fourth-order valence-corrected chi connectivity index (χ4v) is 5.79. The van der Waals surface area contributed by atoms with Gasteiger partial charge in [0.25, 0.3) is 0 Å². The minimum Gasteiger partial charge on any atom is -0.480 e. The van der Waals surface area contributed by atoms with Crippen molar-refractivity contribution in [2.24, 2.45) is 23.5 Å². The quantitative estimate of drug-likeness (QED) is 0.105. The zero-order valence-corrected chi connectivity index (χ0v) is 33.7. The van der Waals surface area contributed by atoms with Gasteiger partial charge in [-0.15, -0.1) is 0 Å². The third-order valence-electron chi connectivity index (χ3n) is 9.14. The Morgan fingerprint density at radius 1 is 0.673 bits per heavy atom. The van der Waals surface area contributed by atoms with E-state index in [1.165, 1.54) is 0 Å². The number of carbonyl (C=O) groups excluding carboxylic acids is 5. The predicted molar refractivity (Wildman–Crippen MR) is 211 cm³/mol. The van der Waals surface area contributed by atoms with Gasteiger partial charge in [-0.2, -0.15) is 0 Å². The summed E-state index contributed by atoms with van der Waals surface area (Å²) in [6.07, 6.45) is -0.142. The third kappa shape index (κ3) is 16.1. The molecule has 14 nitrogen and oxygen atoms in total. The van der Waals surface area contributed by atoms with E-state index in [4.69, 9.17) is 10.5 Å². The molecule has 0 saturated carbocycles. The SMILES string of the molecule is CC[C@H](C)[C@H](NC(=O)CC(N)C(Cc1ccccc1)NC(=O)[C@@H](NC(=O)[C@H](Cc1ccccc1)NC(=O)OC(C)(C)C)C(C)C)C(=O)N[C@H](C(=O)O)C(C)C. The summed E-state index contributed by atoms with van der Waals surface area (Å²) in [5.74, 6) is -4.59. The monoisotopic (exact) mass is 766 g/mol. The molecular formula is C41H62N6O8. The number of nitrogens with one attached hydrogen (secondary N) is 5. The largest absolute Gasteiger partial charge is 0.480 e. The Kier molecular flexibility index (Phi) is 18.3. The molecule has 0 bridgehead atoms. The smallest absolute Gasteiger partial charge is 0.408 e. The minimum absolute atomic E-state index is 0.138. The zero-order valence-electron chi connectivity index (χ0n) is 33.7. The van der Waals surface area contributed by atoms with Crippen LogP contribution < -0.4 is 32.3 Å². The molecule has 0 spiro atoms. The molecule has 0 heterocycles. The van der Waals surface area contributed by atoms with Gasteiger partial charge in [0.1, 0.15) is 29.8 Å². The molecule has 14 heteroatoms. The highest BCUT2D eigenvalue weighted by Crippen LogP contribution is 2.14. The molecule has 2 aromatic rings. The number of hydrogen-bond donors (Lipinski definition) is 7. The lowest BCUT2D eigenvalue weighted by Crippen LogP contribution is -2.60. The normalized spacial score (nSPS) is 15.3. The average Bonchev–Trinajstić information content (AvgIpc) is 3.10. The maximum Gasteiger partial charge on any atom is 0.408 e. The molecule has 7 atom stereocenters. The Bertz CT molecular complexity index is 1560. The van der Waals surface area contributed by atoms with Crippen molar-refractivity contribution in [1.82, 2.24) is 26.6 Å². The molecule has 5 amide bonds. The number of hydrogen-bond acceptors (Lipinski definition) is 8. The number of rotatable bonds is 20. The van der Waals surface area contributed by atoms with Gasteiger partial charge in [-0.1, -0.05) is 109 Å². The molecule has 0 aliphatic rings. The van der Waals surface area contributed by atoms with Crippen LogP contribution in [0, 0.1) is 17.8 Å². The topological polar surface area (TPSA) is 218 Å². The number of benzene rings is 2. The van der Waals surface area contributed by atoms with E-state index < -0.39 is 83.5 Å². The zero-order chi connectivity index (χ0) is 41.5. The molecule has 0 saturated heterocycles. The highest BCUT2D eigenvalue weighted by molar-refractivity contribution is 5.92. The fraction of sp³-hybridized carbons (Fsp3) is 0.561. The first-order valence-corrected chi connectivity index (χ1v) is 19.0. The van der Waals surface area contributed by atoms with Gasteiger partial charge in [-0.3, -0.25) is 19.2 Å². The van der Waals surface area contributed by atoms with Gasteiger partial charge in [0, 0.05) is 24.9 Å².